The second-order valence-corrected chi connectivity index (χ2v) is 7.37. The van der Waals surface area contributed by atoms with Crippen molar-refractivity contribution in [2.45, 2.75) is 11.9 Å². The molecule has 0 aliphatic heterocycles. The summed E-state index contributed by atoms with van der Waals surface area (Å²) < 4.78 is 6.08. The number of ether oxygens (including phenoxy) is 1. The SMILES string of the molecule is O=C(c1ccccc1)C(SC(=S)OCc1ccccc1)c1ccccc1. The maximum absolute atomic E-state index is 13.0. The van der Waals surface area contributed by atoms with Crippen LogP contribution in [-0.4, -0.2) is 10.2 Å². The molecule has 0 saturated carbocycles. The van der Waals surface area contributed by atoms with E-state index in [0.29, 0.717) is 16.6 Å². The van der Waals surface area contributed by atoms with Crippen molar-refractivity contribution in [2.75, 3.05) is 0 Å². The molecule has 0 aromatic heterocycles. The normalized spacial score (nSPS) is 11.5. The van der Waals surface area contributed by atoms with E-state index in [1.165, 1.54) is 11.8 Å². The molecule has 0 spiro atoms. The first-order valence-corrected chi connectivity index (χ1v) is 9.54. The fourth-order valence-electron chi connectivity index (χ4n) is 2.50. The highest BCUT2D eigenvalue weighted by molar-refractivity contribution is 8.23. The second-order valence-electron chi connectivity index (χ2n) is 5.66. The van der Waals surface area contributed by atoms with Crippen LogP contribution in [0.3, 0.4) is 0 Å². The van der Waals surface area contributed by atoms with E-state index in [0.717, 1.165) is 11.1 Å². The third kappa shape index (κ3) is 5.04. The number of carbonyl (C=O) groups excluding carboxylic acids is 1. The average molecular weight is 379 g/mol. The van der Waals surface area contributed by atoms with Crippen LogP contribution in [0.15, 0.2) is 91.0 Å². The van der Waals surface area contributed by atoms with Gasteiger partial charge in [-0.2, -0.15) is 0 Å². The van der Waals surface area contributed by atoms with Gasteiger partial charge in [0.25, 0.3) is 0 Å². The minimum Gasteiger partial charge on any atom is -0.474 e. The highest BCUT2D eigenvalue weighted by atomic mass is 32.2. The van der Waals surface area contributed by atoms with Crippen molar-refractivity contribution < 1.29 is 9.53 Å². The van der Waals surface area contributed by atoms with Crippen molar-refractivity contribution >= 4 is 34.1 Å². The fraction of sp³-hybridized carbons (Fsp3) is 0.0909. The van der Waals surface area contributed by atoms with Gasteiger partial charge in [-0.05, 0) is 23.3 Å². The summed E-state index contributed by atoms with van der Waals surface area (Å²) in [7, 11) is 0. The van der Waals surface area contributed by atoms with Crippen LogP contribution in [0.5, 0.6) is 0 Å². The molecule has 3 rings (SSSR count). The molecule has 3 aromatic carbocycles. The molecule has 0 fully saturated rings. The summed E-state index contributed by atoms with van der Waals surface area (Å²) >= 11 is 6.67. The van der Waals surface area contributed by atoms with Crippen LogP contribution in [-0.2, 0) is 11.3 Å². The Morgan fingerprint density at radius 2 is 1.38 bits per heavy atom. The van der Waals surface area contributed by atoms with Gasteiger partial charge in [0.15, 0.2) is 5.78 Å². The van der Waals surface area contributed by atoms with Crippen molar-refractivity contribution in [2.24, 2.45) is 0 Å². The lowest BCUT2D eigenvalue weighted by molar-refractivity contribution is 0.0989. The van der Waals surface area contributed by atoms with Crippen LogP contribution in [0.2, 0.25) is 0 Å². The Kier molecular flexibility index (Phi) is 6.58. The molecule has 1 atom stereocenters. The highest BCUT2D eigenvalue weighted by Gasteiger charge is 2.24. The smallest absolute Gasteiger partial charge is 0.221 e. The number of carbonyl (C=O) groups is 1. The largest absolute Gasteiger partial charge is 0.474 e. The number of ketones is 1. The molecule has 0 radical (unpaired) electrons. The first-order valence-electron chi connectivity index (χ1n) is 8.25. The van der Waals surface area contributed by atoms with E-state index in [-0.39, 0.29) is 5.78 Å². The van der Waals surface area contributed by atoms with Gasteiger partial charge in [0.1, 0.15) is 11.9 Å². The fourth-order valence-corrected chi connectivity index (χ4v) is 3.70. The van der Waals surface area contributed by atoms with Gasteiger partial charge in [-0.15, -0.1) is 0 Å². The quantitative estimate of drug-likeness (QED) is 0.397. The predicted molar refractivity (Wildman–Crippen MR) is 111 cm³/mol. The molecule has 4 heteroatoms. The van der Waals surface area contributed by atoms with E-state index in [4.69, 9.17) is 17.0 Å². The lowest BCUT2D eigenvalue weighted by Gasteiger charge is -2.17. The van der Waals surface area contributed by atoms with Gasteiger partial charge in [0.2, 0.25) is 4.38 Å². The Labute approximate surface area is 163 Å². The predicted octanol–water partition coefficient (Wildman–Crippen LogP) is 5.85. The monoisotopic (exact) mass is 378 g/mol. The first kappa shape index (κ1) is 18.4. The second kappa shape index (κ2) is 9.32. The number of thiocarbonyl (C=S) groups is 1. The molecule has 0 amide bonds. The molecule has 1 unspecified atom stereocenters. The zero-order valence-corrected chi connectivity index (χ0v) is 15.7. The van der Waals surface area contributed by atoms with Crippen LogP contribution in [0.25, 0.3) is 0 Å². The third-order valence-electron chi connectivity index (χ3n) is 3.81. The Morgan fingerprint density at radius 1 is 0.846 bits per heavy atom. The third-order valence-corrected chi connectivity index (χ3v) is 5.25. The molecule has 0 heterocycles. The lowest BCUT2D eigenvalue weighted by Crippen LogP contribution is -2.13. The molecule has 0 saturated heterocycles. The molecular formula is C22H18O2S2. The van der Waals surface area contributed by atoms with E-state index < -0.39 is 5.25 Å². The molecule has 3 aromatic rings. The highest BCUT2D eigenvalue weighted by Crippen LogP contribution is 2.34. The van der Waals surface area contributed by atoms with Crippen molar-refractivity contribution in [3.63, 3.8) is 0 Å². The number of thioether (sulfide) groups is 1. The van der Waals surface area contributed by atoms with E-state index >= 15 is 0 Å². The minimum absolute atomic E-state index is 0.0208. The number of Topliss-reactive ketones (excluding diaryl/α,β-unsaturated/α-hetero) is 1. The summed E-state index contributed by atoms with van der Waals surface area (Å²) in [4.78, 5) is 13.0. The zero-order chi connectivity index (χ0) is 18.2. The molecule has 0 N–H and O–H groups in total. The number of hydrogen-bond donors (Lipinski definition) is 0. The summed E-state index contributed by atoms with van der Waals surface area (Å²) in [5, 5.41) is -0.429. The van der Waals surface area contributed by atoms with Gasteiger partial charge >= 0.3 is 0 Å². The van der Waals surface area contributed by atoms with Crippen LogP contribution < -0.4 is 0 Å². The Balaban J connectivity index is 1.73. The van der Waals surface area contributed by atoms with Gasteiger partial charge in [0, 0.05) is 5.56 Å². The summed E-state index contributed by atoms with van der Waals surface area (Å²) in [5.74, 6) is 0.0208. The molecule has 26 heavy (non-hydrogen) atoms. The summed E-state index contributed by atoms with van der Waals surface area (Å²) in [5.41, 5.74) is 2.62. The van der Waals surface area contributed by atoms with Crippen LogP contribution in [0.1, 0.15) is 26.7 Å². The minimum atomic E-state index is -0.429. The van der Waals surface area contributed by atoms with E-state index in [1.807, 2.05) is 91.0 Å². The van der Waals surface area contributed by atoms with Crippen molar-refractivity contribution in [3.8, 4) is 0 Å². The number of rotatable bonds is 6. The lowest BCUT2D eigenvalue weighted by atomic mass is 10.0. The first-order chi connectivity index (χ1) is 12.7. The number of hydrogen-bond acceptors (Lipinski definition) is 4. The summed E-state index contributed by atoms with van der Waals surface area (Å²) in [6.07, 6.45) is 0. The molecule has 130 valence electrons. The maximum Gasteiger partial charge on any atom is 0.221 e. The molecule has 0 bridgehead atoms. The zero-order valence-electron chi connectivity index (χ0n) is 14.1. The van der Waals surface area contributed by atoms with Crippen molar-refractivity contribution in [1.82, 2.24) is 0 Å². The Bertz CT molecular complexity index is 849. The topological polar surface area (TPSA) is 26.3 Å². The van der Waals surface area contributed by atoms with Gasteiger partial charge in [0.05, 0.1) is 0 Å². The van der Waals surface area contributed by atoms with Crippen molar-refractivity contribution in [3.05, 3.63) is 108 Å². The Hall–Kier alpha value is -2.43. The molecule has 0 aliphatic rings. The number of benzene rings is 3. The summed E-state index contributed by atoms with van der Waals surface area (Å²) in [6.45, 7) is 0.397. The molecular weight excluding hydrogens is 360 g/mol. The van der Waals surface area contributed by atoms with Gasteiger partial charge in [-0.3, -0.25) is 4.79 Å². The van der Waals surface area contributed by atoms with Gasteiger partial charge in [-0.25, -0.2) is 0 Å². The van der Waals surface area contributed by atoms with Crippen molar-refractivity contribution in [1.29, 1.82) is 0 Å². The van der Waals surface area contributed by atoms with Crippen LogP contribution >= 0.6 is 24.0 Å². The van der Waals surface area contributed by atoms with E-state index in [9.17, 15) is 4.79 Å². The van der Waals surface area contributed by atoms with E-state index in [1.54, 1.807) is 0 Å². The molecule has 2 nitrogen and oxygen atoms in total. The standard InChI is InChI=1S/C22H18O2S2/c23-20(18-12-6-2-7-13-18)21(19-14-8-3-9-15-19)26-22(25)24-16-17-10-4-1-5-11-17/h1-15,21H,16H2. The van der Waals surface area contributed by atoms with Gasteiger partial charge in [-0.1, -0.05) is 103 Å². The van der Waals surface area contributed by atoms with Gasteiger partial charge < -0.3 is 4.74 Å². The van der Waals surface area contributed by atoms with Crippen LogP contribution in [0.4, 0.5) is 0 Å². The van der Waals surface area contributed by atoms with E-state index in [2.05, 4.69) is 0 Å². The average Bonchev–Trinajstić information content (AvgIpc) is 2.72. The van der Waals surface area contributed by atoms with Crippen LogP contribution in [0, 0.1) is 0 Å². The Morgan fingerprint density at radius 3 is 2.00 bits per heavy atom. The maximum atomic E-state index is 13.0. The molecule has 0 aliphatic carbocycles. The summed E-state index contributed by atoms with van der Waals surface area (Å²) in [6, 6.07) is 28.8.